The third-order valence-corrected chi connectivity index (χ3v) is 2.33. The lowest BCUT2D eigenvalue weighted by Crippen LogP contribution is -2.36. The van der Waals surface area contributed by atoms with Gasteiger partial charge in [0.1, 0.15) is 11.6 Å². The number of amides is 1. The van der Waals surface area contributed by atoms with E-state index in [0.29, 0.717) is 5.56 Å². The van der Waals surface area contributed by atoms with Gasteiger partial charge in [0.2, 0.25) is 5.91 Å². The largest absolute Gasteiger partial charge is 0.341 e. The van der Waals surface area contributed by atoms with Gasteiger partial charge in [-0.2, -0.15) is 0 Å². The van der Waals surface area contributed by atoms with Crippen LogP contribution in [0.5, 0.6) is 0 Å². The van der Waals surface area contributed by atoms with Crippen LogP contribution in [0.3, 0.4) is 0 Å². The second-order valence-corrected chi connectivity index (χ2v) is 5.19. The lowest BCUT2D eigenvalue weighted by Gasteiger charge is -2.26. The molecule has 0 radical (unpaired) electrons. The van der Waals surface area contributed by atoms with E-state index in [-0.39, 0.29) is 12.5 Å². The minimum absolute atomic E-state index is 0.0674. The number of rotatable bonds is 2. The van der Waals surface area contributed by atoms with E-state index >= 15 is 0 Å². The maximum atomic E-state index is 13.0. The van der Waals surface area contributed by atoms with Crippen molar-refractivity contribution in [3.8, 4) is 0 Å². The van der Waals surface area contributed by atoms with Crippen LogP contribution >= 0.6 is 0 Å². The molecule has 0 saturated carbocycles. The van der Waals surface area contributed by atoms with E-state index < -0.39 is 17.0 Å². The molecule has 0 aliphatic carbocycles. The first-order valence-electron chi connectivity index (χ1n) is 5.40. The van der Waals surface area contributed by atoms with E-state index in [9.17, 15) is 13.6 Å². The molecule has 17 heavy (non-hydrogen) atoms. The third-order valence-electron chi connectivity index (χ3n) is 2.33. The zero-order valence-corrected chi connectivity index (χ0v) is 10.6. The molecule has 0 atom stereocenters. The third kappa shape index (κ3) is 3.80. The Morgan fingerprint density at radius 2 is 1.65 bits per heavy atom. The molecule has 0 heterocycles. The monoisotopic (exact) mass is 241 g/mol. The Bertz CT molecular complexity index is 404. The summed E-state index contributed by atoms with van der Waals surface area (Å²) in [6, 6.07) is 3.28. The molecule has 0 spiro atoms. The van der Waals surface area contributed by atoms with Crippen LogP contribution in [0.1, 0.15) is 26.3 Å². The van der Waals surface area contributed by atoms with Crippen molar-refractivity contribution in [2.45, 2.75) is 27.3 Å². The van der Waals surface area contributed by atoms with Crippen LogP contribution in [0, 0.1) is 17.0 Å². The lowest BCUT2D eigenvalue weighted by molar-refractivity contribution is -0.138. The van der Waals surface area contributed by atoms with Crippen LogP contribution in [0.4, 0.5) is 8.78 Å². The summed E-state index contributed by atoms with van der Waals surface area (Å²) < 4.78 is 25.9. The number of hydrogen-bond acceptors (Lipinski definition) is 1. The van der Waals surface area contributed by atoms with Crippen molar-refractivity contribution in [3.63, 3.8) is 0 Å². The number of hydrogen-bond donors (Lipinski definition) is 0. The molecule has 0 aliphatic heterocycles. The SMILES string of the molecule is CN(Cc1cc(F)cc(F)c1)C(=O)C(C)(C)C. The van der Waals surface area contributed by atoms with Gasteiger partial charge in [0.15, 0.2) is 0 Å². The molecule has 0 saturated heterocycles. The van der Waals surface area contributed by atoms with Gasteiger partial charge in [-0.25, -0.2) is 8.78 Å². The topological polar surface area (TPSA) is 20.3 Å². The van der Waals surface area contributed by atoms with E-state index in [4.69, 9.17) is 0 Å². The molecule has 1 rings (SSSR count). The zero-order valence-electron chi connectivity index (χ0n) is 10.6. The Labute approximate surface area is 100 Å². The van der Waals surface area contributed by atoms with Crippen molar-refractivity contribution in [3.05, 3.63) is 35.4 Å². The van der Waals surface area contributed by atoms with Gasteiger partial charge in [0.05, 0.1) is 0 Å². The molecule has 0 bridgehead atoms. The Morgan fingerprint density at radius 3 is 2.06 bits per heavy atom. The van der Waals surface area contributed by atoms with Crippen molar-refractivity contribution in [2.24, 2.45) is 5.41 Å². The van der Waals surface area contributed by atoms with Crippen molar-refractivity contribution in [1.82, 2.24) is 4.90 Å². The van der Waals surface area contributed by atoms with E-state index in [2.05, 4.69) is 0 Å². The van der Waals surface area contributed by atoms with Gasteiger partial charge in [0, 0.05) is 25.1 Å². The van der Waals surface area contributed by atoms with Crippen LogP contribution in [0.15, 0.2) is 18.2 Å². The summed E-state index contributed by atoms with van der Waals surface area (Å²) in [6.45, 7) is 5.61. The fourth-order valence-corrected chi connectivity index (χ4v) is 1.62. The number of carbonyl (C=O) groups is 1. The standard InChI is InChI=1S/C13H17F2NO/c1-13(2,3)12(17)16(4)8-9-5-10(14)7-11(15)6-9/h5-7H,8H2,1-4H3. The highest BCUT2D eigenvalue weighted by Crippen LogP contribution is 2.18. The Kier molecular flexibility index (Phi) is 3.86. The van der Waals surface area contributed by atoms with Gasteiger partial charge in [0.25, 0.3) is 0 Å². The van der Waals surface area contributed by atoms with Gasteiger partial charge in [-0.05, 0) is 17.7 Å². The first-order chi connectivity index (χ1) is 7.70. The first-order valence-corrected chi connectivity index (χ1v) is 5.40. The zero-order chi connectivity index (χ0) is 13.2. The highest BCUT2D eigenvalue weighted by atomic mass is 19.1. The number of benzene rings is 1. The summed E-state index contributed by atoms with van der Waals surface area (Å²) in [5, 5.41) is 0. The fraction of sp³-hybridized carbons (Fsp3) is 0.462. The molecule has 4 heteroatoms. The molecule has 1 amide bonds. The predicted molar refractivity (Wildman–Crippen MR) is 62.3 cm³/mol. The van der Waals surface area contributed by atoms with Crippen LogP contribution < -0.4 is 0 Å². The van der Waals surface area contributed by atoms with Gasteiger partial charge in [-0.3, -0.25) is 4.79 Å². The highest BCUT2D eigenvalue weighted by Gasteiger charge is 2.24. The Hall–Kier alpha value is -1.45. The van der Waals surface area contributed by atoms with Gasteiger partial charge >= 0.3 is 0 Å². The minimum Gasteiger partial charge on any atom is -0.341 e. The Balaban J connectivity index is 2.81. The molecular weight excluding hydrogens is 224 g/mol. The average Bonchev–Trinajstić information content (AvgIpc) is 2.13. The Morgan fingerprint density at radius 1 is 1.18 bits per heavy atom. The van der Waals surface area contributed by atoms with Gasteiger partial charge in [-0.1, -0.05) is 20.8 Å². The van der Waals surface area contributed by atoms with E-state index in [1.807, 2.05) is 0 Å². The smallest absolute Gasteiger partial charge is 0.227 e. The molecule has 0 unspecified atom stereocenters. The second-order valence-electron chi connectivity index (χ2n) is 5.19. The molecule has 0 aromatic heterocycles. The second kappa shape index (κ2) is 4.82. The minimum atomic E-state index is -0.628. The van der Waals surface area contributed by atoms with Crippen molar-refractivity contribution in [2.75, 3.05) is 7.05 Å². The normalized spacial score (nSPS) is 11.4. The summed E-state index contributed by atoms with van der Waals surface area (Å²) in [5.41, 5.74) is -0.0525. The molecule has 94 valence electrons. The number of nitrogens with zero attached hydrogens (tertiary/aromatic N) is 1. The van der Waals surface area contributed by atoms with Crippen LogP contribution in [0.25, 0.3) is 0 Å². The lowest BCUT2D eigenvalue weighted by atomic mass is 9.95. The number of halogens is 2. The van der Waals surface area contributed by atoms with E-state index in [0.717, 1.165) is 6.07 Å². The number of carbonyl (C=O) groups excluding carboxylic acids is 1. The molecule has 1 aromatic carbocycles. The van der Waals surface area contributed by atoms with Crippen LogP contribution in [-0.4, -0.2) is 17.9 Å². The molecular formula is C13H17F2NO. The maximum Gasteiger partial charge on any atom is 0.227 e. The summed E-state index contributed by atoms with van der Waals surface area (Å²) in [4.78, 5) is 13.3. The first kappa shape index (κ1) is 13.6. The van der Waals surface area contributed by atoms with Crippen molar-refractivity contribution >= 4 is 5.91 Å². The molecule has 0 aliphatic rings. The van der Waals surface area contributed by atoms with Gasteiger partial charge < -0.3 is 4.90 Å². The predicted octanol–water partition coefficient (Wildman–Crippen LogP) is 2.97. The van der Waals surface area contributed by atoms with Crippen LogP contribution in [0.2, 0.25) is 0 Å². The summed E-state index contributed by atoms with van der Waals surface area (Å²) in [7, 11) is 1.62. The average molecular weight is 241 g/mol. The summed E-state index contributed by atoms with van der Waals surface area (Å²) in [5.74, 6) is -1.32. The van der Waals surface area contributed by atoms with Crippen LogP contribution in [-0.2, 0) is 11.3 Å². The molecule has 0 N–H and O–H groups in total. The molecule has 0 fully saturated rings. The summed E-state index contributed by atoms with van der Waals surface area (Å²) >= 11 is 0. The highest BCUT2D eigenvalue weighted by molar-refractivity contribution is 5.81. The maximum absolute atomic E-state index is 13.0. The molecule has 1 aromatic rings. The van der Waals surface area contributed by atoms with Crippen molar-refractivity contribution in [1.29, 1.82) is 0 Å². The van der Waals surface area contributed by atoms with Crippen molar-refractivity contribution < 1.29 is 13.6 Å². The van der Waals surface area contributed by atoms with Gasteiger partial charge in [-0.15, -0.1) is 0 Å². The fourth-order valence-electron chi connectivity index (χ4n) is 1.62. The van der Waals surface area contributed by atoms with E-state index in [1.165, 1.54) is 17.0 Å². The molecule has 2 nitrogen and oxygen atoms in total. The summed E-state index contributed by atoms with van der Waals surface area (Å²) in [6.07, 6.45) is 0. The van der Waals surface area contributed by atoms with E-state index in [1.54, 1.807) is 27.8 Å². The quantitative estimate of drug-likeness (QED) is 0.779.